The summed E-state index contributed by atoms with van der Waals surface area (Å²) in [4.78, 5) is 18.2. The van der Waals surface area contributed by atoms with Crippen LogP contribution in [0, 0.1) is 10.7 Å². The lowest BCUT2D eigenvalue weighted by atomic mass is 9.77. The highest BCUT2D eigenvalue weighted by molar-refractivity contribution is 7.71. The van der Waals surface area contributed by atoms with Crippen molar-refractivity contribution in [3.8, 4) is 5.75 Å². The van der Waals surface area contributed by atoms with E-state index in [1.165, 1.54) is 11.1 Å². The van der Waals surface area contributed by atoms with Gasteiger partial charge >= 0.3 is 0 Å². The van der Waals surface area contributed by atoms with Gasteiger partial charge in [-0.15, -0.1) is 0 Å². The number of aromatic nitrogens is 2. The van der Waals surface area contributed by atoms with E-state index in [4.69, 9.17) is 17.0 Å². The summed E-state index contributed by atoms with van der Waals surface area (Å²) in [5.41, 5.74) is 2.50. The number of benzene rings is 1. The third-order valence-corrected chi connectivity index (χ3v) is 6.27. The van der Waals surface area contributed by atoms with Gasteiger partial charge < -0.3 is 20.0 Å². The van der Waals surface area contributed by atoms with Crippen LogP contribution in [-0.2, 0) is 15.6 Å². The van der Waals surface area contributed by atoms with Crippen LogP contribution in [0.15, 0.2) is 24.4 Å². The maximum atomic E-state index is 12.5. The molecule has 6 heteroatoms. The first-order chi connectivity index (χ1) is 13.5. The molecule has 2 aromatic rings. The minimum atomic E-state index is -0.313. The van der Waals surface area contributed by atoms with E-state index in [-0.39, 0.29) is 22.7 Å². The van der Waals surface area contributed by atoms with E-state index < -0.39 is 0 Å². The molecule has 1 unspecified atom stereocenters. The first-order valence-corrected chi connectivity index (χ1v) is 10.8. The molecule has 1 amide bonds. The van der Waals surface area contributed by atoms with Gasteiger partial charge in [-0.2, -0.15) is 0 Å². The maximum Gasteiger partial charge on any atom is 0.231 e. The quantitative estimate of drug-likeness (QED) is 0.432. The summed E-state index contributed by atoms with van der Waals surface area (Å²) < 4.78 is 6.71. The first-order valence-electron chi connectivity index (χ1n) is 10.4. The van der Waals surface area contributed by atoms with Crippen molar-refractivity contribution in [3.05, 3.63) is 40.3 Å². The minimum Gasteiger partial charge on any atom is -0.492 e. The smallest absolute Gasteiger partial charge is 0.231 e. The number of imidazole rings is 1. The van der Waals surface area contributed by atoms with Crippen LogP contribution in [0.1, 0.15) is 72.4 Å². The van der Waals surface area contributed by atoms with Crippen LogP contribution in [0.4, 0.5) is 5.82 Å². The van der Waals surface area contributed by atoms with Crippen molar-refractivity contribution in [3.63, 3.8) is 0 Å². The first kappa shape index (κ1) is 23.2. The molecule has 1 atom stereocenters. The molecule has 2 rings (SSSR count). The molecule has 0 aliphatic rings. The highest BCUT2D eigenvalue weighted by atomic mass is 32.1. The molecule has 160 valence electrons. The fraction of sp³-hybridized carbons (Fsp3) is 0.565. The fourth-order valence-electron chi connectivity index (χ4n) is 2.96. The maximum absolute atomic E-state index is 12.5. The Morgan fingerprint density at radius 1 is 1.17 bits per heavy atom. The van der Waals surface area contributed by atoms with E-state index in [1.807, 2.05) is 6.92 Å². The predicted molar refractivity (Wildman–Crippen MR) is 122 cm³/mol. The number of ether oxygens (including phenoxy) is 1. The SMILES string of the molecule is CCC(C)(C)c1ccc(C(C)(C)CC)c(OCC(C)C(=O)Nc2c[nH]c(=S)[nH]2)c1. The highest BCUT2D eigenvalue weighted by Crippen LogP contribution is 2.38. The van der Waals surface area contributed by atoms with Crippen molar-refractivity contribution in [2.24, 2.45) is 5.92 Å². The summed E-state index contributed by atoms with van der Waals surface area (Å²) in [7, 11) is 0. The third-order valence-electron chi connectivity index (χ3n) is 6.05. The molecule has 1 heterocycles. The van der Waals surface area contributed by atoms with E-state index in [2.05, 4.69) is 75.0 Å². The van der Waals surface area contributed by atoms with Gasteiger partial charge in [0.1, 0.15) is 11.6 Å². The molecule has 0 spiro atoms. The van der Waals surface area contributed by atoms with Gasteiger partial charge in [0.05, 0.1) is 12.5 Å². The Balaban J connectivity index is 2.21. The van der Waals surface area contributed by atoms with Gasteiger partial charge in [-0.05, 0) is 53.1 Å². The molecule has 1 aromatic heterocycles. The van der Waals surface area contributed by atoms with Gasteiger partial charge in [0.15, 0.2) is 4.77 Å². The molecule has 3 N–H and O–H groups in total. The molecule has 0 bridgehead atoms. The largest absolute Gasteiger partial charge is 0.492 e. The Bertz CT molecular complexity index is 896. The second-order valence-corrected chi connectivity index (χ2v) is 9.45. The van der Waals surface area contributed by atoms with Gasteiger partial charge in [0, 0.05) is 6.20 Å². The van der Waals surface area contributed by atoms with Crippen molar-refractivity contribution in [1.82, 2.24) is 9.97 Å². The zero-order chi connectivity index (χ0) is 21.8. The summed E-state index contributed by atoms with van der Waals surface area (Å²) >= 11 is 4.99. The molecule has 1 aromatic carbocycles. The number of aromatic amines is 2. The average Bonchev–Trinajstić information content (AvgIpc) is 3.10. The van der Waals surface area contributed by atoms with Crippen LogP contribution >= 0.6 is 12.2 Å². The van der Waals surface area contributed by atoms with E-state index in [0.29, 0.717) is 17.2 Å². The second kappa shape index (κ2) is 9.16. The Morgan fingerprint density at radius 2 is 1.83 bits per heavy atom. The van der Waals surface area contributed by atoms with E-state index in [0.717, 1.165) is 18.6 Å². The van der Waals surface area contributed by atoms with Gasteiger partial charge in [0.2, 0.25) is 5.91 Å². The molecule has 29 heavy (non-hydrogen) atoms. The predicted octanol–water partition coefficient (Wildman–Crippen LogP) is 6.10. The molecule has 0 saturated heterocycles. The number of nitrogens with one attached hydrogen (secondary N) is 3. The monoisotopic (exact) mass is 417 g/mol. The number of hydrogen-bond donors (Lipinski definition) is 3. The number of anilines is 1. The van der Waals surface area contributed by atoms with Crippen molar-refractivity contribution in [1.29, 1.82) is 0 Å². The van der Waals surface area contributed by atoms with Crippen molar-refractivity contribution in [2.45, 2.75) is 72.1 Å². The summed E-state index contributed by atoms with van der Waals surface area (Å²) in [6.45, 7) is 15.5. The summed E-state index contributed by atoms with van der Waals surface area (Å²) in [6.07, 6.45) is 3.69. The van der Waals surface area contributed by atoms with Crippen molar-refractivity contribution >= 4 is 23.9 Å². The van der Waals surface area contributed by atoms with Crippen LogP contribution < -0.4 is 10.1 Å². The van der Waals surface area contributed by atoms with Crippen LogP contribution in [0.3, 0.4) is 0 Å². The van der Waals surface area contributed by atoms with E-state index >= 15 is 0 Å². The fourth-order valence-corrected chi connectivity index (χ4v) is 3.13. The standard InChI is InChI=1S/C23H35N3O2S/c1-8-22(4,5)16-10-11-17(23(6,7)9-2)18(12-16)28-14-15(3)20(27)25-19-13-24-21(29)26-19/h10-13,15H,8-9,14H2,1-7H3,(H,25,27)(H2,24,26,29). The van der Waals surface area contributed by atoms with Gasteiger partial charge in [-0.25, -0.2) is 0 Å². The van der Waals surface area contributed by atoms with Crippen LogP contribution in [0.5, 0.6) is 5.75 Å². The molecule has 0 fully saturated rings. The lowest BCUT2D eigenvalue weighted by molar-refractivity contribution is -0.120. The topological polar surface area (TPSA) is 69.9 Å². The molecule has 0 saturated carbocycles. The molecular formula is C23H35N3O2S. The molecular weight excluding hydrogens is 382 g/mol. The molecule has 0 aliphatic carbocycles. The summed E-state index contributed by atoms with van der Waals surface area (Å²) in [5.74, 6) is 1.01. The molecule has 0 radical (unpaired) electrons. The average molecular weight is 418 g/mol. The Labute approximate surface area is 179 Å². The van der Waals surface area contributed by atoms with E-state index in [1.54, 1.807) is 6.20 Å². The van der Waals surface area contributed by atoms with Crippen LogP contribution in [0.25, 0.3) is 0 Å². The number of hydrogen-bond acceptors (Lipinski definition) is 3. The number of rotatable bonds is 9. The van der Waals surface area contributed by atoms with Gasteiger partial charge in [-0.1, -0.05) is 60.6 Å². The van der Waals surface area contributed by atoms with Gasteiger partial charge in [0.25, 0.3) is 0 Å². The lowest BCUT2D eigenvalue weighted by Crippen LogP contribution is -2.27. The van der Waals surface area contributed by atoms with Crippen LogP contribution in [-0.4, -0.2) is 22.5 Å². The summed E-state index contributed by atoms with van der Waals surface area (Å²) in [6, 6.07) is 6.56. The second-order valence-electron chi connectivity index (χ2n) is 9.04. The highest BCUT2D eigenvalue weighted by Gasteiger charge is 2.26. The minimum absolute atomic E-state index is 0.00430. The van der Waals surface area contributed by atoms with Gasteiger partial charge in [-0.3, -0.25) is 4.79 Å². The number of H-pyrrole nitrogens is 2. The Hall–Kier alpha value is -2.08. The number of carbonyl (C=O) groups excluding carboxylic acids is 1. The zero-order valence-corrected chi connectivity index (χ0v) is 19.5. The van der Waals surface area contributed by atoms with Crippen molar-refractivity contribution in [2.75, 3.05) is 11.9 Å². The Kier molecular flexibility index (Phi) is 7.33. The Morgan fingerprint density at radius 3 is 2.38 bits per heavy atom. The van der Waals surface area contributed by atoms with Crippen molar-refractivity contribution < 1.29 is 9.53 Å². The number of carbonyl (C=O) groups is 1. The normalized spacial score (nSPS) is 13.2. The lowest BCUT2D eigenvalue weighted by Gasteiger charge is -2.30. The third kappa shape index (κ3) is 5.72. The van der Waals surface area contributed by atoms with E-state index in [9.17, 15) is 4.79 Å². The number of amides is 1. The van der Waals surface area contributed by atoms with Crippen LogP contribution in [0.2, 0.25) is 0 Å². The summed E-state index contributed by atoms with van der Waals surface area (Å²) in [5, 5.41) is 2.83. The zero-order valence-electron chi connectivity index (χ0n) is 18.7. The molecule has 5 nitrogen and oxygen atoms in total. The molecule has 0 aliphatic heterocycles.